The maximum Gasteiger partial charge on any atom is 0.410 e. The summed E-state index contributed by atoms with van der Waals surface area (Å²) in [7, 11) is 1.65. The maximum atomic E-state index is 12.0. The maximum absolute atomic E-state index is 12.0. The summed E-state index contributed by atoms with van der Waals surface area (Å²) in [5.41, 5.74) is 5.38. The monoisotopic (exact) mass is 314 g/mol. The Morgan fingerprint density at radius 3 is 2.77 bits per heavy atom. The second-order valence-corrected chi connectivity index (χ2v) is 6.81. The van der Waals surface area contributed by atoms with Crippen molar-refractivity contribution in [1.29, 1.82) is 0 Å². The van der Waals surface area contributed by atoms with Crippen molar-refractivity contribution >= 4 is 12.1 Å². The van der Waals surface area contributed by atoms with Crippen LogP contribution in [-0.2, 0) is 9.47 Å². The topological polar surface area (TPSA) is 89.2 Å². The van der Waals surface area contributed by atoms with Crippen LogP contribution >= 0.6 is 0 Å². The van der Waals surface area contributed by atoms with E-state index in [0.717, 1.165) is 6.42 Å². The van der Waals surface area contributed by atoms with E-state index in [2.05, 4.69) is 10.3 Å². The molecule has 1 amide bonds. The third-order valence-corrected chi connectivity index (χ3v) is 3.27. The van der Waals surface area contributed by atoms with Gasteiger partial charge in [0.25, 0.3) is 0 Å². The van der Waals surface area contributed by atoms with Crippen LogP contribution in [0.15, 0.2) is 4.99 Å². The van der Waals surface area contributed by atoms with Crippen LogP contribution in [0, 0.1) is 5.92 Å². The first kappa shape index (κ1) is 18.5. The molecule has 128 valence electrons. The van der Waals surface area contributed by atoms with Crippen LogP contribution in [0.3, 0.4) is 0 Å². The third-order valence-electron chi connectivity index (χ3n) is 3.27. The van der Waals surface area contributed by atoms with Crippen molar-refractivity contribution in [3.05, 3.63) is 0 Å². The van der Waals surface area contributed by atoms with E-state index in [1.807, 2.05) is 27.7 Å². The van der Waals surface area contributed by atoms with Crippen molar-refractivity contribution in [3.8, 4) is 0 Å². The first-order valence-electron chi connectivity index (χ1n) is 7.74. The number of rotatable bonds is 5. The van der Waals surface area contributed by atoms with E-state index in [9.17, 15) is 4.79 Å². The number of ether oxygens (including phenoxy) is 2. The van der Waals surface area contributed by atoms with E-state index < -0.39 is 5.60 Å². The number of amides is 1. The third kappa shape index (κ3) is 6.98. The minimum atomic E-state index is -0.459. The van der Waals surface area contributed by atoms with Crippen molar-refractivity contribution in [2.24, 2.45) is 16.6 Å². The average molecular weight is 314 g/mol. The minimum absolute atomic E-state index is 0.121. The zero-order valence-electron chi connectivity index (χ0n) is 14.4. The average Bonchev–Trinajstić information content (AvgIpc) is 2.83. The summed E-state index contributed by atoms with van der Waals surface area (Å²) in [5, 5.41) is 3.07. The number of nitrogens with one attached hydrogen (secondary N) is 1. The molecule has 0 aromatic heterocycles. The molecule has 22 heavy (non-hydrogen) atoms. The van der Waals surface area contributed by atoms with Gasteiger partial charge in [-0.1, -0.05) is 0 Å². The van der Waals surface area contributed by atoms with Gasteiger partial charge in [0, 0.05) is 32.8 Å². The molecule has 3 N–H and O–H groups in total. The number of likely N-dealkylation sites (tertiary alicyclic amines) is 1. The van der Waals surface area contributed by atoms with E-state index >= 15 is 0 Å². The lowest BCUT2D eigenvalue weighted by molar-refractivity contribution is 0.0289. The van der Waals surface area contributed by atoms with Gasteiger partial charge in [-0.05, 0) is 40.0 Å². The van der Waals surface area contributed by atoms with Gasteiger partial charge in [-0.25, -0.2) is 4.79 Å². The molecule has 0 spiro atoms. The van der Waals surface area contributed by atoms with Gasteiger partial charge in [0.15, 0.2) is 5.96 Å². The van der Waals surface area contributed by atoms with Crippen molar-refractivity contribution in [1.82, 2.24) is 10.2 Å². The molecule has 1 fully saturated rings. The van der Waals surface area contributed by atoms with Crippen LogP contribution in [0.4, 0.5) is 4.79 Å². The van der Waals surface area contributed by atoms with E-state index in [4.69, 9.17) is 15.2 Å². The number of aliphatic imine (C=N–C) groups is 1. The molecule has 2 unspecified atom stereocenters. The lowest BCUT2D eigenvalue weighted by atomic mass is 10.1. The van der Waals surface area contributed by atoms with Gasteiger partial charge >= 0.3 is 6.09 Å². The van der Waals surface area contributed by atoms with Crippen LogP contribution in [0.25, 0.3) is 0 Å². The predicted molar refractivity (Wildman–Crippen MR) is 86.9 cm³/mol. The smallest absolute Gasteiger partial charge is 0.410 e. The summed E-state index contributed by atoms with van der Waals surface area (Å²) < 4.78 is 10.4. The van der Waals surface area contributed by atoms with Crippen LogP contribution < -0.4 is 11.1 Å². The Morgan fingerprint density at radius 2 is 2.18 bits per heavy atom. The van der Waals surface area contributed by atoms with Gasteiger partial charge in [0.1, 0.15) is 5.60 Å². The summed E-state index contributed by atoms with van der Waals surface area (Å²) in [6, 6.07) is 0.121. The quantitative estimate of drug-likeness (QED) is 0.587. The Morgan fingerprint density at radius 1 is 1.50 bits per heavy atom. The summed E-state index contributed by atoms with van der Waals surface area (Å²) in [6.45, 7) is 10.2. The van der Waals surface area contributed by atoms with Gasteiger partial charge in [0.2, 0.25) is 0 Å². The molecule has 0 aliphatic carbocycles. The van der Waals surface area contributed by atoms with Crippen molar-refractivity contribution in [3.63, 3.8) is 0 Å². The Bertz CT molecular complexity index is 393. The van der Waals surface area contributed by atoms with E-state index in [0.29, 0.717) is 38.1 Å². The Balaban J connectivity index is 2.36. The van der Waals surface area contributed by atoms with Gasteiger partial charge in [0.05, 0.1) is 6.61 Å². The molecule has 1 aliphatic rings. The highest BCUT2D eigenvalue weighted by Gasteiger charge is 2.29. The zero-order valence-corrected chi connectivity index (χ0v) is 14.4. The molecule has 1 heterocycles. The number of hydrogen-bond donors (Lipinski definition) is 2. The molecule has 1 aliphatic heterocycles. The van der Waals surface area contributed by atoms with Crippen LogP contribution in [-0.4, -0.2) is 61.9 Å². The SMILES string of the molecule is COCC(C)NC(N)=NCC1CCN(C(=O)OC(C)(C)C)C1. The Hall–Kier alpha value is -1.50. The molecule has 0 radical (unpaired) electrons. The number of nitrogens with zero attached hydrogens (tertiary/aromatic N) is 2. The second kappa shape index (κ2) is 8.22. The standard InChI is InChI=1S/C15H30N4O3/c1-11(10-21-5)18-13(16)17-8-12-6-7-19(9-12)14(20)22-15(2,3)4/h11-12H,6-10H2,1-5H3,(H3,16,17,18). The molecule has 0 aromatic rings. The van der Waals surface area contributed by atoms with E-state index in [1.54, 1.807) is 12.0 Å². The fourth-order valence-electron chi connectivity index (χ4n) is 2.29. The normalized spacial score (nSPS) is 20.9. The highest BCUT2D eigenvalue weighted by Crippen LogP contribution is 2.19. The lowest BCUT2D eigenvalue weighted by Gasteiger charge is -2.24. The summed E-state index contributed by atoms with van der Waals surface area (Å²) in [6.07, 6.45) is 0.669. The number of methoxy groups -OCH3 is 1. The van der Waals surface area contributed by atoms with Crippen molar-refractivity contribution in [2.45, 2.75) is 45.8 Å². The Labute approximate surface area is 133 Å². The van der Waals surface area contributed by atoms with E-state index in [-0.39, 0.29) is 12.1 Å². The zero-order chi connectivity index (χ0) is 16.8. The first-order valence-corrected chi connectivity index (χ1v) is 7.74. The van der Waals surface area contributed by atoms with Gasteiger partial charge in [-0.15, -0.1) is 0 Å². The molecule has 1 rings (SSSR count). The van der Waals surface area contributed by atoms with Crippen molar-refractivity contribution in [2.75, 3.05) is 33.4 Å². The summed E-state index contributed by atoms with van der Waals surface area (Å²) in [4.78, 5) is 18.1. The van der Waals surface area contributed by atoms with Gasteiger partial charge in [-0.2, -0.15) is 0 Å². The van der Waals surface area contributed by atoms with Crippen molar-refractivity contribution < 1.29 is 14.3 Å². The van der Waals surface area contributed by atoms with Gasteiger partial charge < -0.3 is 25.4 Å². The van der Waals surface area contributed by atoms with Crippen LogP contribution in [0.2, 0.25) is 0 Å². The summed E-state index contributed by atoms with van der Waals surface area (Å²) >= 11 is 0. The number of carbonyl (C=O) groups is 1. The highest BCUT2D eigenvalue weighted by atomic mass is 16.6. The minimum Gasteiger partial charge on any atom is -0.444 e. The molecule has 0 aromatic carbocycles. The number of nitrogens with two attached hydrogens (primary N) is 1. The predicted octanol–water partition coefficient (Wildman–Crippen LogP) is 1.18. The van der Waals surface area contributed by atoms with E-state index in [1.165, 1.54) is 0 Å². The molecule has 7 nitrogen and oxygen atoms in total. The first-order chi connectivity index (χ1) is 10.2. The number of hydrogen-bond acceptors (Lipinski definition) is 4. The lowest BCUT2D eigenvalue weighted by Crippen LogP contribution is -2.41. The molecule has 7 heteroatoms. The molecule has 2 atom stereocenters. The summed E-state index contributed by atoms with van der Waals surface area (Å²) in [5.74, 6) is 0.742. The number of guanidine groups is 1. The van der Waals surface area contributed by atoms with Crippen LogP contribution in [0.1, 0.15) is 34.1 Å². The second-order valence-electron chi connectivity index (χ2n) is 6.81. The molecule has 0 bridgehead atoms. The molecular weight excluding hydrogens is 284 g/mol. The number of carbonyl (C=O) groups excluding carboxylic acids is 1. The fourth-order valence-corrected chi connectivity index (χ4v) is 2.29. The largest absolute Gasteiger partial charge is 0.444 e. The van der Waals surface area contributed by atoms with Gasteiger partial charge in [-0.3, -0.25) is 4.99 Å². The van der Waals surface area contributed by atoms with Crippen LogP contribution in [0.5, 0.6) is 0 Å². The molecule has 1 saturated heterocycles. The molecular formula is C15H30N4O3. The fraction of sp³-hybridized carbons (Fsp3) is 0.867. The highest BCUT2D eigenvalue weighted by molar-refractivity contribution is 5.78. The molecule has 0 saturated carbocycles. The Kier molecular flexibility index (Phi) is 6.93.